The van der Waals surface area contributed by atoms with E-state index >= 15 is 0 Å². The number of hydrogen-bond donors (Lipinski definition) is 2. The molecule has 0 aromatic carbocycles. The van der Waals surface area contributed by atoms with Crippen molar-refractivity contribution in [1.82, 2.24) is 10.6 Å². The molecule has 2 heterocycles. The van der Waals surface area contributed by atoms with Crippen molar-refractivity contribution in [3.8, 4) is 0 Å². The minimum atomic E-state index is 0. The SMILES string of the molecule is C.CC(C)(C)C1CCCCC(=O)N1.CC(C)(C)C1CCCCNC1=O. The predicted molar refractivity (Wildman–Crippen MR) is 106 cm³/mol. The molecule has 2 aliphatic rings. The van der Waals surface area contributed by atoms with Gasteiger partial charge in [0.1, 0.15) is 0 Å². The Labute approximate surface area is 155 Å². The van der Waals surface area contributed by atoms with Gasteiger partial charge >= 0.3 is 0 Å². The average molecular weight is 355 g/mol. The highest BCUT2D eigenvalue weighted by atomic mass is 16.2. The summed E-state index contributed by atoms with van der Waals surface area (Å²) in [6.45, 7) is 13.8. The second-order valence-corrected chi connectivity index (χ2v) is 9.44. The van der Waals surface area contributed by atoms with Gasteiger partial charge < -0.3 is 10.6 Å². The van der Waals surface area contributed by atoms with Crippen LogP contribution in [0.2, 0.25) is 0 Å². The van der Waals surface area contributed by atoms with Crippen LogP contribution in [0.3, 0.4) is 0 Å². The number of rotatable bonds is 0. The van der Waals surface area contributed by atoms with Crippen molar-refractivity contribution < 1.29 is 9.59 Å². The standard InChI is InChI=1S/2C10H19NO.CH4/c1-10(2,3)8-6-4-5-7-11-9(8)12;1-10(2,3)8-6-4-5-7-9(12)11-8;/h2*8H,4-7H2,1-3H3,(H,11,12);1H4. The van der Waals surface area contributed by atoms with E-state index in [4.69, 9.17) is 0 Å². The van der Waals surface area contributed by atoms with Crippen molar-refractivity contribution in [1.29, 1.82) is 0 Å². The molecule has 0 spiro atoms. The van der Waals surface area contributed by atoms with Crippen molar-refractivity contribution in [2.45, 2.75) is 100.0 Å². The van der Waals surface area contributed by atoms with Crippen molar-refractivity contribution in [2.75, 3.05) is 6.54 Å². The lowest BCUT2D eigenvalue weighted by molar-refractivity contribution is -0.128. The highest BCUT2D eigenvalue weighted by molar-refractivity contribution is 5.79. The van der Waals surface area contributed by atoms with Gasteiger partial charge in [0.15, 0.2) is 0 Å². The largest absolute Gasteiger partial charge is 0.356 e. The summed E-state index contributed by atoms with van der Waals surface area (Å²) in [7, 11) is 0. The van der Waals surface area contributed by atoms with E-state index in [2.05, 4.69) is 52.2 Å². The van der Waals surface area contributed by atoms with E-state index < -0.39 is 0 Å². The van der Waals surface area contributed by atoms with Crippen molar-refractivity contribution in [3.05, 3.63) is 0 Å². The normalized spacial score (nSPS) is 25.2. The molecule has 2 fully saturated rings. The van der Waals surface area contributed by atoms with Gasteiger partial charge in [0.05, 0.1) is 0 Å². The zero-order valence-corrected chi connectivity index (χ0v) is 16.6. The molecule has 0 bridgehead atoms. The van der Waals surface area contributed by atoms with Crippen LogP contribution in [-0.2, 0) is 9.59 Å². The third kappa shape index (κ3) is 8.73. The first-order valence-corrected chi connectivity index (χ1v) is 9.59. The second kappa shape index (κ2) is 10.2. The molecule has 0 saturated carbocycles. The smallest absolute Gasteiger partial charge is 0.223 e. The van der Waals surface area contributed by atoms with Gasteiger partial charge in [0.25, 0.3) is 0 Å². The maximum absolute atomic E-state index is 11.5. The molecule has 4 heteroatoms. The molecule has 2 saturated heterocycles. The highest BCUT2D eigenvalue weighted by Gasteiger charge is 2.31. The maximum atomic E-state index is 11.5. The van der Waals surface area contributed by atoms with Gasteiger partial charge in [0.2, 0.25) is 11.8 Å². The number of carbonyl (C=O) groups is 2. The molecule has 2 aliphatic heterocycles. The molecule has 2 unspecified atom stereocenters. The van der Waals surface area contributed by atoms with Crippen LogP contribution in [0.15, 0.2) is 0 Å². The number of amides is 2. The van der Waals surface area contributed by atoms with E-state index in [9.17, 15) is 9.59 Å². The van der Waals surface area contributed by atoms with Gasteiger partial charge in [-0.3, -0.25) is 9.59 Å². The van der Waals surface area contributed by atoms with E-state index in [0.29, 0.717) is 12.5 Å². The summed E-state index contributed by atoms with van der Waals surface area (Å²) < 4.78 is 0. The van der Waals surface area contributed by atoms with Crippen molar-refractivity contribution >= 4 is 11.8 Å². The fraction of sp³-hybridized carbons (Fsp3) is 0.905. The van der Waals surface area contributed by atoms with Crippen LogP contribution in [0, 0.1) is 16.7 Å². The van der Waals surface area contributed by atoms with E-state index in [1.165, 1.54) is 12.8 Å². The molecule has 0 aromatic rings. The monoisotopic (exact) mass is 354 g/mol. The molecule has 4 nitrogen and oxygen atoms in total. The average Bonchev–Trinajstić information content (AvgIpc) is 2.78. The number of hydrogen-bond acceptors (Lipinski definition) is 2. The van der Waals surface area contributed by atoms with E-state index in [1.54, 1.807) is 0 Å². The Balaban J connectivity index is 0.000000443. The quantitative estimate of drug-likeness (QED) is 0.664. The Kier molecular flexibility index (Phi) is 9.75. The van der Waals surface area contributed by atoms with Crippen LogP contribution in [-0.4, -0.2) is 24.4 Å². The van der Waals surface area contributed by atoms with E-state index in [0.717, 1.165) is 32.2 Å². The van der Waals surface area contributed by atoms with Gasteiger partial charge in [-0.25, -0.2) is 0 Å². The molecular formula is C21H42N2O2. The first kappa shape index (κ1) is 23.9. The Bertz CT molecular complexity index is 419. The van der Waals surface area contributed by atoms with Crippen LogP contribution in [0.1, 0.15) is 93.9 Å². The molecule has 2 atom stereocenters. The maximum Gasteiger partial charge on any atom is 0.223 e. The molecule has 0 aromatic heterocycles. The Morgan fingerprint density at radius 1 is 0.840 bits per heavy atom. The van der Waals surface area contributed by atoms with E-state index in [-0.39, 0.29) is 36.0 Å². The Morgan fingerprint density at radius 3 is 2.00 bits per heavy atom. The summed E-state index contributed by atoms with van der Waals surface area (Å²) in [4.78, 5) is 22.8. The first-order chi connectivity index (χ1) is 11.0. The van der Waals surface area contributed by atoms with Gasteiger partial charge in [-0.2, -0.15) is 0 Å². The molecule has 0 radical (unpaired) electrons. The number of nitrogens with one attached hydrogen (secondary N) is 2. The van der Waals surface area contributed by atoms with Crippen LogP contribution < -0.4 is 10.6 Å². The molecule has 148 valence electrons. The van der Waals surface area contributed by atoms with Gasteiger partial charge in [-0.1, -0.05) is 61.8 Å². The van der Waals surface area contributed by atoms with Crippen LogP contribution >= 0.6 is 0 Å². The molecule has 2 N–H and O–H groups in total. The first-order valence-electron chi connectivity index (χ1n) is 9.59. The summed E-state index contributed by atoms with van der Waals surface area (Å²) in [5.74, 6) is 0.687. The second-order valence-electron chi connectivity index (χ2n) is 9.44. The molecule has 0 aliphatic carbocycles. The zero-order valence-electron chi connectivity index (χ0n) is 16.6. The highest BCUT2D eigenvalue weighted by Crippen LogP contribution is 2.31. The predicted octanol–water partition coefficient (Wildman–Crippen LogP) is 4.68. The van der Waals surface area contributed by atoms with Crippen LogP contribution in [0.5, 0.6) is 0 Å². The molecule has 2 rings (SSSR count). The minimum absolute atomic E-state index is 0. The summed E-state index contributed by atoms with van der Waals surface area (Å²) in [6, 6.07) is 0.368. The Hall–Kier alpha value is -1.06. The van der Waals surface area contributed by atoms with Crippen LogP contribution in [0.25, 0.3) is 0 Å². The van der Waals surface area contributed by atoms with Crippen molar-refractivity contribution in [3.63, 3.8) is 0 Å². The van der Waals surface area contributed by atoms with E-state index in [1.807, 2.05) is 0 Å². The molecule has 25 heavy (non-hydrogen) atoms. The van der Waals surface area contributed by atoms with Gasteiger partial charge in [0, 0.05) is 24.9 Å². The van der Waals surface area contributed by atoms with Crippen molar-refractivity contribution in [2.24, 2.45) is 16.7 Å². The third-order valence-electron chi connectivity index (χ3n) is 5.11. The fourth-order valence-corrected chi connectivity index (χ4v) is 3.39. The number of carbonyl (C=O) groups excluding carboxylic acids is 2. The fourth-order valence-electron chi connectivity index (χ4n) is 3.39. The lowest BCUT2D eigenvalue weighted by Gasteiger charge is -2.30. The summed E-state index contributed by atoms with van der Waals surface area (Å²) in [5.41, 5.74) is 0.328. The summed E-state index contributed by atoms with van der Waals surface area (Å²) >= 11 is 0. The van der Waals surface area contributed by atoms with Gasteiger partial charge in [-0.05, 0) is 36.5 Å². The zero-order chi connectivity index (χ0) is 18.4. The van der Waals surface area contributed by atoms with Crippen LogP contribution in [0.4, 0.5) is 0 Å². The summed E-state index contributed by atoms with van der Waals surface area (Å²) in [6.07, 6.45) is 7.45. The lowest BCUT2D eigenvalue weighted by Crippen LogP contribution is -2.42. The topological polar surface area (TPSA) is 58.2 Å². The molecule has 2 amide bonds. The lowest BCUT2D eigenvalue weighted by atomic mass is 9.78. The molecular weight excluding hydrogens is 312 g/mol. The minimum Gasteiger partial charge on any atom is -0.356 e. The Morgan fingerprint density at radius 2 is 1.44 bits per heavy atom. The van der Waals surface area contributed by atoms with Gasteiger partial charge in [-0.15, -0.1) is 0 Å². The summed E-state index contributed by atoms with van der Waals surface area (Å²) in [5, 5.41) is 6.04. The third-order valence-corrected chi connectivity index (χ3v) is 5.11.